The number of halogens is 2. The Hall–Kier alpha value is -2.10. The zero-order chi connectivity index (χ0) is 19.1. The predicted molar refractivity (Wildman–Crippen MR) is 98.7 cm³/mol. The van der Waals surface area contributed by atoms with Gasteiger partial charge < -0.3 is 9.57 Å². The highest BCUT2D eigenvalue weighted by atomic mass is 35.5. The average molecular weight is 420 g/mol. The molecule has 0 saturated carbocycles. The first-order valence-electron chi connectivity index (χ1n) is 7.46. The minimum Gasteiger partial charge on any atom is -0.482 e. The van der Waals surface area contributed by atoms with Crippen LogP contribution in [0.5, 0.6) is 5.75 Å². The van der Waals surface area contributed by atoms with Crippen molar-refractivity contribution in [3.8, 4) is 5.75 Å². The molecule has 0 atom stereocenters. The van der Waals surface area contributed by atoms with E-state index in [-0.39, 0.29) is 19.1 Å². The van der Waals surface area contributed by atoms with Crippen LogP contribution in [0.15, 0.2) is 18.2 Å². The summed E-state index contributed by atoms with van der Waals surface area (Å²) in [4.78, 5) is 31.5. The highest BCUT2D eigenvalue weighted by Gasteiger charge is 2.12. The van der Waals surface area contributed by atoms with Crippen LogP contribution in [-0.2, 0) is 16.1 Å². The van der Waals surface area contributed by atoms with Crippen molar-refractivity contribution in [2.75, 3.05) is 18.5 Å². The van der Waals surface area contributed by atoms with E-state index in [0.29, 0.717) is 33.8 Å². The van der Waals surface area contributed by atoms with Crippen LogP contribution in [0.1, 0.15) is 17.0 Å². The minimum absolute atomic E-state index is 0.0156. The van der Waals surface area contributed by atoms with Gasteiger partial charge in [0.2, 0.25) is 0 Å². The molecule has 1 aromatic heterocycles. The molecule has 140 valence electrons. The highest BCUT2D eigenvalue weighted by Crippen LogP contribution is 2.28. The summed E-state index contributed by atoms with van der Waals surface area (Å²) in [6, 6.07) is 4.71. The third kappa shape index (κ3) is 6.32. The number of hydrogen-bond acceptors (Lipinski definition) is 7. The molecule has 0 radical (unpaired) electrons. The number of aryl methyl sites for hydroxylation is 2. The number of aromatic nitrogens is 1. The van der Waals surface area contributed by atoms with Gasteiger partial charge in [-0.2, -0.15) is 0 Å². The van der Waals surface area contributed by atoms with Crippen LogP contribution in [0.4, 0.5) is 5.13 Å². The van der Waals surface area contributed by atoms with Crippen LogP contribution >= 0.6 is 34.5 Å². The van der Waals surface area contributed by atoms with Gasteiger partial charge in [0, 0.05) is 9.90 Å². The second-order valence-electron chi connectivity index (χ2n) is 5.10. The van der Waals surface area contributed by atoms with Crippen molar-refractivity contribution < 1.29 is 19.5 Å². The number of benzene rings is 1. The van der Waals surface area contributed by atoms with Crippen LogP contribution in [0.3, 0.4) is 0 Å². The van der Waals surface area contributed by atoms with Gasteiger partial charge in [-0.1, -0.05) is 23.2 Å². The molecule has 26 heavy (non-hydrogen) atoms. The highest BCUT2D eigenvalue weighted by molar-refractivity contribution is 7.15. The van der Waals surface area contributed by atoms with Gasteiger partial charge in [-0.05, 0) is 38.0 Å². The molecule has 2 rings (SSSR count). The summed E-state index contributed by atoms with van der Waals surface area (Å²) >= 11 is 13.1. The third-order valence-corrected chi connectivity index (χ3v) is 4.80. The number of anilines is 1. The van der Waals surface area contributed by atoms with Crippen LogP contribution in [0.25, 0.3) is 0 Å². The van der Waals surface area contributed by atoms with E-state index >= 15 is 0 Å². The molecule has 1 amide bonds. The Morgan fingerprint density at radius 3 is 2.88 bits per heavy atom. The van der Waals surface area contributed by atoms with E-state index in [9.17, 15) is 14.9 Å². The first-order valence-corrected chi connectivity index (χ1v) is 9.03. The SMILES string of the molecule is Cc1nc(NC(=O)COc2ccc(Cl)cc2Cl)sc1CCCO[N+](=O)[O-]. The lowest BCUT2D eigenvalue weighted by Gasteiger charge is -2.07. The maximum Gasteiger partial charge on any atom is 0.294 e. The summed E-state index contributed by atoms with van der Waals surface area (Å²) in [5, 5.41) is 13.2. The number of thiazole rings is 1. The van der Waals surface area contributed by atoms with Gasteiger partial charge in [0.25, 0.3) is 11.0 Å². The van der Waals surface area contributed by atoms with Gasteiger partial charge in [0.05, 0.1) is 17.3 Å². The largest absolute Gasteiger partial charge is 0.482 e. The van der Waals surface area contributed by atoms with Crippen molar-refractivity contribution >= 4 is 45.6 Å². The summed E-state index contributed by atoms with van der Waals surface area (Å²) in [7, 11) is 0. The predicted octanol–water partition coefficient (Wildman–Crippen LogP) is 3.92. The molecule has 0 aliphatic rings. The fourth-order valence-electron chi connectivity index (χ4n) is 1.98. The standard InChI is InChI=1S/C15H15Cl2N3O5S/c1-9-13(3-2-6-25-20(22)23)26-15(18-9)19-14(21)8-24-12-5-4-10(16)7-11(12)17/h4-5,7H,2-3,6,8H2,1H3,(H,18,19,21). The molecule has 1 N–H and O–H groups in total. The van der Waals surface area contributed by atoms with Crippen molar-refractivity contribution in [1.29, 1.82) is 0 Å². The molecule has 0 aliphatic heterocycles. The smallest absolute Gasteiger partial charge is 0.294 e. The first-order chi connectivity index (χ1) is 12.3. The van der Waals surface area contributed by atoms with E-state index in [2.05, 4.69) is 15.1 Å². The normalized spacial score (nSPS) is 10.4. The lowest BCUT2D eigenvalue weighted by atomic mass is 10.2. The molecule has 11 heteroatoms. The number of rotatable bonds is 9. The van der Waals surface area contributed by atoms with E-state index in [4.69, 9.17) is 27.9 Å². The molecular weight excluding hydrogens is 405 g/mol. The van der Waals surface area contributed by atoms with E-state index < -0.39 is 5.09 Å². The molecule has 1 aromatic carbocycles. The molecule has 0 unspecified atom stereocenters. The molecule has 0 saturated heterocycles. The van der Waals surface area contributed by atoms with Gasteiger partial charge in [-0.3, -0.25) is 10.1 Å². The zero-order valence-electron chi connectivity index (χ0n) is 13.7. The summed E-state index contributed by atoms with van der Waals surface area (Å²) in [6.45, 7) is 1.59. The van der Waals surface area contributed by atoms with Crippen molar-refractivity contribution in [2.24, 2.45) is 0 Å². The summed E-state index contributed by atoms with van der Waals surface area (Å²) < 4.78 is 5.36. The Bertz CT molecular complexity index is 800. The number of carbonyl (C=O) groups is 1. The number of ether oxygens (including phenoxy) is 1. The Morgan fingerprint density at radius 1 is 1.42 bits per heavy atom. The van der Waals surface area contributed by atoms with Crippen LogP contribution in [-0.4, -0.2) is 29.2 Å². The van der Waals surface area contributed by atoms with Gasteiger partial charge in [-0.15, -0.1) is 21.5 Å². The molecule has 0 fully saturated rings. The molecule has 0 spiro atoms. The first kappa shape index (κ1) is 20.2. The molecule has 2 aromatic rings. The molecule has 0 bridgehead atoms. The fraction of sp³-hybridized carbons (Fsp3) is 0.333. The van der Waals surface area contributed by atoms with Crippen molar-refractivity contribution in [2.45, 2.75) is 19.8 Å². The van der Waals surface area contributed by atoms with Crippen LogP contribution in [0.2, 0.25) is 10.0 Å². The van der Waals surface area contributed by atoms with Gasteiger partial charge in [-0.25, -0.2) is 4.98 Å². The summed E-state index contributed by atoms with van der Waals surface area (Å²) in [6.07, 6.45) is 1.06. The summed E-state index contributed by atoms with van der Waals surface area (Å²) in [5.41, 5.74) is 0.757. The van der Waals surface area contributed by atoms with E-state index in [1.165, 1.54) is 17.4 Å². The molecule has 8 nitrogen and oxygen atoms in total. The monoisotopic (exact) mass is 419 g/mol. The van der Waals surface area contributed by atoms with Gasteiger partial charge >= 0.3 is 0 Å². The number of amides is 1. The minimum atomic E-state index is -0.821. The molecule has 0 aliphatic carbocycles. The maximum atomic E-state index is 12.0. The number of hydrogen-bond donors (Lipinski definition) is 1. The zero-order valence-corrected chi connectivity index (χ0v) is 16.0. The number of nitrogens with zero attached hydrogens (tertiary/aromatic N) is 2. The van der Waals surface area contributed by atoms with Gasteiger partial charge in [0.1, 0.15) is 5.75 Å². The fourth-order valence-corrected chi connectivity index (χ4v) is 3.46. The Kier molecular flexibility index (Phi) is 7.43. The van der Waals surface area contributed by atoms with E-state index in [1.807, 2.05) is 0 Å². The second kappa shape index (κ2) is 9.56. The second-order valence-corrected chi connectivity index (χ2v) is 7.03. The Labute approximate surface area is 163 Å². The number of nitrogens with one attached hydrogen (secondary N) is 1. The average Bonchev–Trinajstić information content (AvgIpc) is 2.90. The quantitative estimate of drug-likeness (QED) is 0.375. The van der Waals surface area contributed by atoms with E-state index in [0.717, 1.165) is 10.6 Å². The topological polar surface area (TPSA) is 104 Å². The van der Waals surface area contributed by atoms with Crippen molar-refractivity contribution in [3.63, 3.8) is 0 Å². The lowest BCUT2D eigenvalue weighted by Crippen LogP contribution is -2.20. The van der Waals surface area contributed by atoms with Crippen molar-refractivity contribution in [1.82, 2.24) is 4.98 Å². The van der Waals surface area contributed by atoms with Crippen LogP contribution < -0.4 is 10.1 Å². The molecular formula is C15H15Cl2N3O5S. The maximum absolute atomic E-state index is 12.0. The van der Waals surface area contributed by atoms with Crippen molar-refractivity contribution in [3.05, 3.63) is 48.9 Å². The lowest BCUT2D eigenvalue weighted by molar-refractivity contribution is -0.757. The van der Waals surface area contributed by atoms with Gasteiger partial charge in [0.15, 0.2) is 11.7 Å². The number of carbonyl (C=O) groups excluding carboxylic acids is 1. The third-order valence-electron chi connectivity index (χ3n) is 3.14. The Balaban J connectivity index is 1.83. The summed E-state index contributed by atoms with van der Waals surface area (Å²) in [5.74, 6) is -0.0268. The molecule has 1 heterocycles. The Morgan fingerprint density at radius 2 is 2.19 bits per heavy atom. The van der Waals surface area contributed by atoms with E-state index in [1.54, 1.807) is 19.1 Å². The van der Waals surface area contributed by atoms with Crippen LogP contribution in [0, 0.1) is 17.0 Å².